The normalized spacial score (nSPS) is 14.1. The first-order chi connectivity index (χ1) is 8.02. The molecule has 0 aromatic heterocycles. The van der Waals surface area contributed by atoms with Crippen LogP contribution in [0.15, 0.2) is 24.3 Å². The number of nitrogens with one attached hydrogen (secondary N) is 1. The van der Waals surface area contributed by atoms with Crippen LogP contribution in [0, 0.1) is 5.92 Å². The first kappa shape index (κ1) is 14.0. The molecule has 2 atom stereocenters. The Balaban J connectivity index is 2.54. The molecule has 17 heavy (non-hydrogen) atoms. The molecule has 0 heterocycles. The molecule has 94 valence electrons. The van der Waals surface area contributed by atoms with Gasteiger partial charge in [0.15, 0.2) is 0 Å². The van der Waals surface area contributed by atoms with E-state index in [4.69, 9.17) is 18.0 Å². The smallest absolute Gasteiger partial charge is 0.103 e. The molecule has 0 aliphatic carbocycles. The fourth-order valence-electron chi connectivity index (χ4n) is 1.84. The molecular weight excluding hydrogens is 228 g/mol. The maximum absolute atomic E-state index is 5.56. The summed E-state index contributed by atoms with van der Waals surface area (Å²) in [7, 11) is 0. The van der Waals surface area contributed by atoms with Gasteiger partial charge in [-0.1, -0.05) is 32.5 Å². The summed E-state index contributed by atoms with van der Waals surface area (Å²) < 4.78 is 0. The molecule has 0 saturated heterocycles. The average molecular weight is 250 g/mol. The number of anilines is 1. The van der Waals surface area contributed by atoms with E-state index in [2.05, 4.69) is 26.1 Å². The summed E-state index contributed by atoms with van der Waals surface area (Å²) in [6, 6.07) is 8.46. The molecule has 0 amide bonds. The lowest BCUT2D eigenvalue weighted by Crippen LogP contribution is -2.18. The first-order valence-electron chi connectivity index (χ1n) is 6.19. The Morgan fingerprint density at radius 1 is 1.29 bits per heavy atom. The van der Waals surface area contributed by atoms with E-state index in [-0.39, 0.29) is 0 Å². The van der Waals surface area contributed by atoms with Gasteiger partial charge >= 0.3 is 0 Å². The van der Waals surface area contributed by atoms with Gasteiger partial charge in [0.05, 0.1) is 0 Å². The van der Waals surface area contributed by atoms with Crippen molar-refractivity contribution in [3.63, 3.8) is 0 Å². The Bertz CT molecular complexity index is 359. The van der Waals surface area contributed by atoms with Crippen LogP contribution >= 0.6 is 12.2 Å². The second kappa shape index (κ2) is 6.60. The number of thiocarbonyl (C=S) groups is 1. The van der Waals surface area contributed by atoms with Crippen molar-refractivity contribution in [1.29, 1.82) is 0 Å². The van der Waals surface area contributed by atoms with Crippen LogP contribution in [-0.2, 0) is 0 Å². The van der Waals surface area contributed by atoms with Crippen molar-refractivity contribution in [2.45, 2.75) is 39.7 Å². The lowest BCUT2D eigenvalue weighted by Gasteiger charge is -2.18. The van der Waals surface area contributed by atoms with Crippen LogP contribution in [0.4, 0.5) is 5.69 Å². The molecule has 0 fully saturated rings. The highest BCUT2D eigenvalue weighted by molar-refractivity contribution is 7.80. The van der Waals surface area contributed by atoms with Crippen molar-refractivity contribution in [3.8, 4) is 0 Å². The van der Waals surface area contributed by atoms with Gasteiger partial charge in [0.2, 0.25) is 0 Å². The highest BCUT2D eigenvalue weighted by atomic mass is 32.1. The molecule has 1 rings (SSSR count). The summed E-state index contributed by atoms with van der Waals surface area (Å²) in [5.74, 6) is 0.758. The maximum atomic E-state index is 5.56. The van der Waals surface area contributed by atoms with Crippen molar-refractivity contribution in [2.24, 2.45) is 11.7 Å². The second-order valence-electron chi connectivity index (χ2n) is 4.74. The number of hydrogen-bond donors (Lipinski definition) is 2. The molecule has 0 spiro atoms. The van der Waals surface area contributed by atoms with Crippen molar-refractivity contribution in [3.05, 3.63) is 29.8 Å². The lowest BCUT2D eigenvalue weighted by molar-refractivity contribution is 0.484. The predicted molar refractivity (Wildman–Crippen MR) is 79.5 cm³/mol. The third-order valence-corrected chi connectivity index (χ3v) is 3.27. The summed E-state index contributed by atoms with van der Waals surface area (Å²) in [5.41, 5.74) is 7.60. The monoisotopic (exact) mass is 250 g/mol. The summed E-state index contributed by atoms with van der Waals surface area (Å²) in [5, 5.41) is 3.49. The zero-order chi connectivity index (χ0) is 12.8. The van der Waals surface area contributed by atoms with Gasteiger partial charge < -0.3 is 11.1 Å². The summed E-state index contributed by atoms with van der Waals surface area (Å²) in [4.78, 5) is 0.448. The van der Waals surface area contributed by atoms with E-state index in [9.17, 15) is 0 Å². The molecule has 1 aromatic carbocycles. The Hall–Kier alpha value is -1.09. The minimum absolute atomic E-state index is 0.448. The zero-order valence-electron chi connectivity index (χ0n) is 10.9. The molecule has 0 bridgehead atoms. The molecule has 3 N–H and O–H groups in total. The minimum Gasteiger partial charge on any atom is -0.389 e. The van der Waals surface area contributed by atoms with Crippen LogP contribution in [0.5, 0.6) is 0 Å². The van der Waals surface area contributed by atoms with Gasteiger partial charge in [-0.25, -0.2) is 0 Å². The molecule has 0 aliphatic heterocycles. The van der Waals surface area contributed by atoms with Gasteiger partial charge in [0, 0.05) is 17.3 Å². The third-order valence-electron chi connectivity index (χ3n) is 3.04. The van der Waals surface area contributed by atoms with Gasteiger partial charge in [-0.15, -0.1) is 0 Å². The molecule has 2 unspecified atom stereocenters. The third kappa shape index (κ3) is 4.73. The van der Waals surface area contributed by atoms with Crippen LogP contribution in [0.1, 0.15) is 39.2 Å². The van der Waals surface area contributed by atoms with Crippen LogP contribution in [0.25, 0.3) is 0 Å². The fourth-order valence-corrected chi connectivity index (χ4v) is 1.98. The number of hydrogen-bond acceptors (Lipinski definition) is 2. The standard InChI is InChI=1S/C14H22N2S/c1-4-10(2)9-11(3)16-13-7-5-12(6-8-13)14(15)17/h5-8,10-11,16H,4,9H2,1-3H3,(H2,15,17). The first-order valence-corrected chi connectivity index (χ1v) is 6.60. The minimum atomic E-state index is 0.448. The SMILES string of the molecule is CCC(C)CC(C)Nc1ccc(C(N)=S)cc1. The molecule has 0 saturated carbocycles. The van der Waals surface area contributed by atoms with Gasteiger partial charge in [-0.2, -0.15) is 0 Å². The topological polar surface area (TPSA) is 38.0 Å². The maximum Gasteiger partial charge on any atom is 0.103 e. The molecular formula is C14H22N2S. The van der Waals surface area contributed by atoms with Crippen molar-refractivity contribution >= 4 is 22.9 Å². The summed E-state index contributed by atoms with van der Waals surface area (Å²) in [6.45, 7) is 6.73. The van der Waals surface area contributed by atoms with E-state index in [1.54, 1.807) is 0 Å². The van der Waals surface area contributed by atoms with Crippen molar-refractivity contribution < 1.29 is 0 Å². The summed E-state index contributed by atoms with van der Waals surface area (Å²) in [6.07, 6.45) is 2.42. The van der Waals surface area contributed by atoms with E-state index in [1.807, 2.05) is 24.3 Å². The van der Waals surface area contributed by atoms with Crippen LogP contribution < -0.4 is 11.1 Å². The fraction of sp³-hybridized carbons (Fsp3) is 0.500. The molecule has 0 radical (unpaired) electrons. The predicted octanol–water partition coefficient (Wildman–Crippen LogP) is 3.56. The summed E-state index contributed by atoms with van der Waals surface area (Å²) >= 11 is 4.92. The number of benzene rings is 1. The number of rotatable bonds is 6. The van der Waals surface area contributed by atoms with Gasteiger partial charge in [-0.3, -0.25) is 0 Å². The Morgan fingerprint density at radius 2 is 1.88 bits per heavy atom. The number of nitrogens with two attached hydrogens (primary N) is 1. The highest BCUT2D eigenvalue weighted by Gasteiger charge is 2.07. The molecule has 0 aliphatic rings. The van der Waals surface area contributed by atoms with Crippen molar-refractivity contribution in [2.75, 3.05) is 5.32 Å². The van der Waals surface area contributed by atoms with Crippen LogP contribution in [0.3, 0.4) is 0 Å². The lowest BCUT2D eigenvalue weighted by atomic mass is 10.0. The van der Waals surface area contributed by atoms with E-state index >= 15 is 0 Å². The van der Waals surface area contributed by atoms with Gasteiger partial charge in [0.1, 0.15) is 4.99 Å². The largest absolute Gasteiger partial charge is 0.389 e. The zero-order valence-corrected chi connectivity index (χ0v) is 11.7. The van der Waals surface area contributed by atoms with Gasteiger partial charge in [0.25, 0.3) is 0 Å². The van der Waals surface area contributed by atoms with E-state index in [0.29, 0.717) is 11.0 Å². The van der Waals surface area contributed by atoms with Crippen LogP contribution in [0.2, 0.25) is 0 Å². The van der Waals surface area contributed by atoms with E-state index in [0.717, 1.165) is 17.2 Å². The second-order valence-corrected chi connectivity index (χ2v) is 5.18. The van der Waals surface area contributed by atoms with Crippen molar-refractivity contribution in [1.82, 2.24) is 0 Å². The Kier molecular flexibility index (Phi) is 5.42. The molecule has 2 nitrogen and oxygen atoms in total. The Morgan fingerprint density at radius 3 is 2.35 bits per heavy atom. The molecule has 1 aromatic rings. The average Bonchev–Trinajstić information content (AvgIpc) is 2.29. The highest BCUT2D eigenvalue weighted by Crippen LogP contribution is 2.15. The molecule has 3 heteroatoms. The van der Waals surface area contributed by atoms with Gasteiger partial charge in [-0.05, 0) is 43.5 Å². The van der Waals surface area contributed by atoms with Crippen LogP contribution in [-0.4, -0.2) is 11.0 Å². The van der Waals surface area contributed by atoms with E-state index in [1.165, 1.54) is 12.8 Å². The van der Waals surface area contributed by atoms with E-state index < -0.39 is 0 Å². The Labute approximate surface area is 110 Å². The quantitative estimate of drug-likeness (QED) is 0.758.